The molecule has 0 amide bonds. The summed E-state index contributed by atoms with van der Waals surface area (Å²) < 4.78 is 0. The summed E-state index contributed by atoms with van der Waals surface area (Å²) in [4.78, 5) is 0. The molecule has 2 nitrogen and oxygen atoms in total. The highest BCUT2D eigenvalue weighted by molar-refractivity contribution is 8.02. The molecule has 0 aliphatic heterocycles. The summed E-state index contributed by atoms with van der Waals surface area (Å²) in [5, 5.41) is 17.0. The van der Waals surface area contributed by atoms with Crippen molar-refractivity contribution in [2.24, 2.45) is 0 Å². The van der Waals surface area contributed by atoms with Crippen LogP contribution in [0.25, 0.3) is 0 Å². The van der Waals surface area contributed by atoms with Crippen LogP contribution >= 0.6 is 23.5 Å². The number of thioether (sulfide) groups is 2. The summed E-state index contributed by atoms with van der Waals surface area (Å²) in [5.74, 6) is 4.40. The molecule has 13 heavy (non-hydrogen) atoms. The quantitative estimate of drug-likeness (QED) is 0.553. The zero-order valence-corrected chi connectivity index (χ0v) is 9.71. The van der Waals surface area contributed by atoms with Crippen molar-refractivity contribution in [3.8, 4) is 0 Å². The maximum Gasteiger partial charge on any atom is 0.0521 e. The van der Waals surface area contributed by atoms with Crippen molar-refractivity contribution in [1.29, 1.82) is 0 Å². The normalized spacial score (nSPS) is 10.6. The van der Waals surface area contributed by atoms with Crippen molar-refractivity contribution in [1.82, 2.24) is 0 Å². The number of hydrogen-bond donors (Lipinski definition) is 2. The molecule has 0 fully saturated rings. The first-order valence-electron chi connectivity index (χ1n) is 4.79. The molecule has 0 aliphatic rings. The summed E-state index contributed by atoms with van der Waals surface area (Å²) in [5.41, 5.74) is 0. The Bertz CT molecular complexity index is 81.7. The second-order valence-corrected chi connectivity index (χ2v) is 5.18. The number of aliphatic hydroxyl groups excluding tert-OH is 2. The van der Waals surface area contributed by atoms with Crippen LogP contribution in [0, 0.1) is 0 Å². The zero-order chi connectivity index (χ0) is 9.78. The van der Waals surface area contributed by atoms with E-state index in [0.29, 0.717) is 13.2 Å². The highest BCUT2D eigenvalue weighted by Gasteiger charge is 1.91. The van der Waals surface area contributed by atoms with E-state index in [1.807, 2.05) is 23.5 Å². The van der Waals surface area contributed by atoms with Crippen LogP contribution in [0.5, 0.6) is 0 Å². The predicted octanol–water partition coefficient (Wildman–Crippen LogP) is 1.61. The fraction of sp³-hybridized carbons (Fsp3) is 1.00. The van der Waals surface area contributed by atoms with Gasteiger partial charge in [-0.05, 0) is 18.6 Å². The third-order valence-corrected chi connectivity index (χ3v) is 3.85. The van der Waals surface area contributed by atoms with Gasteiger partial charge in [0.15, 0.2) is 0 Å². The zero-order valence-electron chi connectivity index (χ0n) is 8.07. The Morgan fingerprint density at radius 2 is 1.31 bits per heavy atom. The smallest absolute Gasteiger partial charge is 0.0521 e. The third-order valence-electron chi connectivity index (χ3n) is 1.55. The molecule has 2 N–H and O–H groups in total. The Kier molecular flexibility index (Phi) is 13.2. The summed E-state index contributed by atoms with van der Waals surface area (Å²) in [7, 11) is 0. The van der Waals surface area contributed by atoms with Crippen LogP contribution in [0.4, 0.5) is 0 Å². The Hall–Kier alpha value is 0.620. The minimum atomic E-state index is 0.297. The third kappa shape index (κ3) is 12.6. The summed E-state index contributed by atoms with van der Waals surface area (Å²) in [6, 6.07) is 0. The molecular formula is C9H20O2S2. The SMILES string of the molecule is OCCCCCSCCSCCO. The van der Waals surface area contributed by atoms with Gasteiger partial charge in [-0.1, -0.05) is 6.42 Å². The van der Waals surface area contributed by atoms with Crippen LogP contribution in [0.1, 0.15) is 19.3 Å². The van der Waals surface area contributed by atoms with Gasteiger partial charge >= 0.3 is 0 Å². The Labute approximate surface area is 89.5 Å². The second kappa shape index (κ2) is 12.6. The van der Waals surface area contributed by atoms with Crippen LogP contribution in [0.2, 0.25) is 0 Å². The monoisotopic (exact) mass is 224 g/mol. The van der Waals surface area contributed by atoms with Crippen LogP contribution in [-0.4, -0.2) is 46.4 Å². The van der Waals surface area contributed by atoms with Gasteiger partial charge in [0.1, 0.15) is 0 Å². The molecule has 80 valence electrons. The van der Waals surface area contributed by atoms with Crippen molar-refractivity contribution >= 4 is 23.5 Å². The fourth-order valence-corrected chi connectivity index (χ4v) is 2.77. The van der Waals surface area contributed by atoms with Crippen molar-refractivity contribution < 1.29 is 10.2 Å². The molecule has 0 unspecified atom stereocenters. The van der Waals surface area contributed by atoms with Crippen molar-refractivity contribution in [2.45, 2.75) is 19.3 Å². The van der Waals surface area contributed by atoms with Crippen molar-refractivity contribution in [3.63, 3.8) is 0 Å². The van der Waals surface area contributed by atoms with Gasteiger partial charge in [0.2, 0.25) is 0 Å². The van der Waals surface area contributed by atoms with Gasteiger partial charge in [-0.25, -0.2) is 0 Å². The van der Waals surface area contributed by atoms with Gasteiger partial charge in [0.25, 0.3) is 0 Å². The first-order chi connectivity index (χ1) is 6.41. The highest BCUT2D eigenvalue weighted by atomic mass is 32.2. The largest absolute Gasteiger partial charge is 0.396 e. The minimum Gasteiger partial charge on any atom is -0.396 e. The van der Waals surface area contributed by atoms with E-state index in [9.17, 15) is 0 Å². The van der Waals surface area contributed by atoms with Crippen molar-refractivity contribution in [2.75, 3.05) is 36.2 Å². The average Bonchev–Trinajstić information content (AvgIpc) is 2.16. The van der Waals surface area contributed by atoms with E-state index < -0.39 is 0 Å². The van der Waals surface area contributed by atoms with Gasteiger partial charge in [-0.2, -0.15) is 23.5 Å². The molecule has 0 saturated heterocycles. The molecule has 0 heterocycles. The van der Waals surface area contributed by atoms with Crippen LogP contribution in [-0.2, 0) is 0 Å². The Morgan fingerprint density at radius 3 is 1.92 bits per heavy atom. The molecule has 4 heteroatoms. The lowest BCUT2D eigenvalue weighted by atomic mass is 10.3. The lowest BCUT2D eigenvalue weighted by Crippen LogP contribution is -1.92. The van der Waals surface area contributed by atoms with E-state index in [-0.39, 0.29) is 0 Å². The average molecular weight is 224 g/mol. The standard InChI is InChI=1S/C9H20O2S2/c10-4-2-1-3-6-12-8-9-13-7-5-11/h10-11H,1-9H2. The maximum atomic E-state index is 8.53. The Morgan fingerprint density at radius 1 is 0.615 bits per heavy atom. The lowest BCUT2D eigenvalue weighted by Gasteiger charge is -2.00. The van der Waals surface area contributed by atoms with Gasteiger partial charge in [-0.15, -0.1) is 0 Å². The highest BCUT2D eigenvalue weighted by Crippen LogP contribution is 2.09. The first-order valence-corrected chi connectivity index (χ1v) is 7.10. The first kappa shape index (κ1) is 13.6. The van der Waals surface area contributed by atoms with Gasteiger partial charge < -0.3 is 10.2 Å². The molecule has 0 radical (unpaired) electrons. The second-order valence-electron chi connectivity index (χ2n) is 2.73. The number of rotatable bonds is 10. The van der Waals surface area contributed by atoms with E-state index in [1.54, 1.807) is 0 Å². The molecule has 0 aromatic carbocycles. The van der Waals surface area contributed by atoms with Crippen LogP contribution in [0.3, 0.4) is 0 Å². The molecule has 0 aromatic rings. The molecule has 0 atom stereocenters. The fourth-order valence-electron chi connectivity index (χ4n) is 0.879. The van der Waals surface area contributed by atoms with Crippen LogP contribution < -0.4 is 0 Å². The lowest BCUT2D eigenvalue weighted by molar-refractivity contribution is 0.284. The molecule has 0 saturated carbocycles. The molecule has 0 aromatic heterocycles. The topological polar surface area (TPSA) is 40.5 Å². The van der Waals surface area contributed by atoms with Crippen molar-refractivity contribution in [3.05, 3.63) is 0 Å². The van der Waals surface area contributed by atoms with E-state index in [2.05, 4.69) is 0 Å². The van der Waals surface area contributed by atoms with E-state index in [0.717, 1.165) is 24.3 Å². The molecule has 0 aliphatic carbocycles. The predicted molar refractivity (Wildman–Crippen MR) is 62.7 cm³/mol. The molecule has 0 spiro atoms. The van der Waals surface area contributed by atoms with Gasteiger partial charge in [-0.3, -0.25) is 0 Å². The number of unbranched alkanes of at least 4 members (excludes halogenated alkanes) is 2. The van der Waals surface area contributed by atoms with Gasteiger partial charge in [0, 0.05) is 23.9 Å². The number of hydrogen-bond acceptors (Lipinski definition) is 4. The van der Waals surface area contributed by atoms with E-state index in [4.69, 9.17) is 10.2 Å². The molecular weight excluding hydrogens is 204 g/mol. The van der Waals surface area contributed by atoms with Crippen LogP contribution in [0.15, 0.2) is 0 Å². The van der Waals surface area contributed by atoms with E-state index in [1.165, 1.54) is 17.9 Å². The van der Waals surface area contributed by atoms with Gasteiger partial charge in [0.05, 0.1) is 6.61 Å². The molecule has 0 bridgehead atoms. The maximum absolute atomic E-state index is 8.53. The van der Waals surface area contributed by atoms with E-state index >= 15 is 0 Å². The summed E-state index contributed by atoms with van der Waals surface area (Å²) in [6.45, 7) is 0.628. The molecule has 0 rings (SSSR count). The summed E-state index contributed by atoms with van der Waals surface area (Å²) >= 11 is 3.78. The number of aliphatic hydroxyl groups is 2. The minimum absolute atomic E-state index is 0.297. The Balaban J connectivity index is 2.76. The summed E-state index contributed by atoms with van der Waals surface area (Å²) in [6.07, 6.45) is 3.31.